The van der Waals surface area contributed by atoms with Crippen molar-refractivity contribution in [3.05, 3.63) is 0 Å². The maximum absolute atomic E-state index is 12.2. The number of nitrogens with zero attached hydrogens (tertiary/aromatic N) is 4. The van der Waals surface area contributed by atoms with Crippen LogP contribution in [0.1, 0.15) is 19.3 Å². The molecule has 0 aromatic carbocycles. The second-order valence-corrected chi connectivity index (χ2v) is 6.87. The van der Waals surface area contributed by atoms with Crippen molar-refractivity contribution in [1.29, 1.82) is 0 Å². The highest BCUT2D eigenvalue weighted by Crippen LogP contribution is 2.13. The molecule has 2 aliphatic heterocycles. The van der Waals surface area contributed by atoms with Gasteiger partial charge >= 0.3 is 6.03 Å². The first-order chi connectivity index (χ1) is 11.0. The van der Waals surface area contributed by atoms with Crippen LogP contribution in [0.4, 0.5) is 4.79 Å². The molecule has 0 radical (unpaired) electrons. The largest absolute Gasteiger partial charge is 0.340 e. The molecular weight excluding hydrogens is 294 g/mol. The number of hydrogen-bond acceptors (Lipinski definition) is 4. The predicted molar refractivity (Wildman–Crippen MR) is 90.4 cm³/mol. The van der Waals surface area contributed by atoms with Gasteiger partial charge in [0.2, 0.25) is 5.91 Å². The minimum absolute atomic E-state index is 0.0391. The van der Waals surface area contributed by atoms with Crippen LogP contribution in [0.15, 0.2) is 0 Å². The second-order valence-electron chi connectivity index (χ2n) is 6.87. The van der Waals surface area contributed by atoms with Crippen LogP contribution in [0.2, 0.25) is 0 Å². The summed E-state index contributed by atoms with van der Waals surface area (Å²) >= 11 is 0. The van der Waals surface area contributed by atoms with E-state index in [1.165, 1.54) is 0 Å². The Morgan fingerprint density at radius 2 is 1.78 bits per heavy atom. The van der Waals surface area contributed by atoms with Gasteiger partial charge < -0.3 is 24.9 Å². The summed E-state index contributed by atoms with van der Waals surface area (Å²) in [6.45, 7) is 5.44. The van der Waals surface area contributed by atoms with Crippen LogP contribution in [0, 0.1) is 0 Å². The van der Waals surface area contributed by atoms with Crippen LogP contribution < -0.4 is 5.32 Å². The van der Waals surface area contributed by atoms with E-state index in [1.807, 2.05) is 9.80 Å². The normalized spacial score (nSPS) is 23.2. The zero-order valence-electron chi connectivity index (χ0n) is 14.8. The van der Waals surface area contributed by atoms with Crippen molar-refractivity contribution in [3.8, 4) is 0 Å². The summed E-state index contributed by atoms with van der Waals surface area (Å²) in [7, 11) is 6.18. The van der Waals surface area contributed by atoms with Gasteiger partial charge in [-0.05, 0) is 34.0 Å². The third-order valence-electron chi connectivity index (χ3n) is 4.89. The van der Waals surface area contributed by atoms with Crippen molar-refractivity contribution in [3.63, 3.8) is 0 Å². The lowest BCUT2D eigenvalue weighted by atomic mass is 10.1. The van der Waals surface area contributed by atoms with E-state index < -0.39 is 0 Å². The average Bonchev–Trinajstić information content (AvgIpc) is 2.55. The van der Waals surface area contributed by atoms with E-state index in [4.69, 9.17) is 0 Å². The summed E-state index contributed by atoms with van der Waals surface area (Å²) < 4.78 is 0. The molecule has 2 saturated heterocycles. The van der Waals surface area contributed by atoms with E-state index in [1.54, 1.807) is 0 Å². The molecule has 0 saturated carbocycles. The van der Waals surface area contributed by atoms with Gasteiger partial charge in [-0.15, -0.1) is 0 Å². The smallest absolute Gasteiger partial charge is 0.317 e. The molecule has 2 rings (SSSR count). The van der Waals surface area contributed by atoms with Crippen LogP contribution >= 0.6 is 0 Å². The van der Waals surface area contributed by atoms with Crippen molar-refractivity contribution in [2.75, 3.05) is 67.0 Å². The highest BCUT2D eigenvalue weighted by Gasteiger charge is 2.25. The summed E-state index contributed by atoms with van der Waals surface area (Å²) in [5.74, 6) is 0.142. The lowest BCUT2D eigenvalue weighted by molar-refractivity contribution is -0.132. The van der Waals surface area contributed by atoms with E-state index in [-0.39, 0.29) is 11.9 Å². The molecule has 0 aliphatic carbocycles. The SMILES string of the molecule is CN1CCN(C(=O)CCNC(=O)N2CCCC(N(C)C)C2)CC1. The zero-order chi connectivity index (χ0) is 16.8. The Kier molecular flexibility index (Phi) is 6.65. The molecule has 132 valence electrons. The fraction of sp³-hybridized carbons (Fsp3) is 0.875. The molecule has 2 fully saturated rings. The maximum atomic E-state index is 12.2. The number of piperazine rings is 1. The molecular formula is C16H31N5O2. The van der Waals surface area contributed by atoms with Crippen molar-refractivity contribution in [2.24, 2.45) is 0 Å². The van der Waals surface area contributed by atoms with Crippen LogP contribution in [-0.2, 0) is 4.79 Å². The first-order valence-electron chi connectivity index (χ1n) is 8.63. The van der Waals surface area contributed by atoms with Crippen LogP contribution in [0.5, 0.6) is 0 Å². The Morgan fingerprint density at radius 1 is 1.09 bits per heavy atom. The number of urea groups is 1. The first-order valence-corrected chi connectivity index (χ1v) is 8.63. The summed E-state index contributed by atoms with van der Waals surface area (Å²) in [6.07, 6.45) is 2.57. The first kappa shape index (κ1) is 18.0. The Morgan fingerprint density at radius 3 is 2.43 bits per heavy atom. The van der Waals surface area contributed by atoms with Crippen molar-refractivity contribution in [2.45, 2.75) is 25.3 Å². The van der Waals surface area contributed by atoms with Gasteiger partial charge in [-0.25, -0.2) is 4.79 Å². The summed E-state index contributed by atoms with van der Waals surface area (Å²) in [6, 6.07) is 0.393. The Labute approximate surface area is 139 Å². The standard InChI is InChI=1S/C16H31N5O2/c1-18(2)14-5-4-8-21(13-14)16(23)17-7-6-15(22)20-11-9-19(3)10-12-20/h14H,4-13H2,1-3H3,(H,17,23). The van der Waals surface area contributed by atoms with Gasteiger partial charge in [-0.1, -0.05) is 0 Å². The Hall–Kier alpha value is -1.34. The van der Waals surface area contributed by atoms with Crippen molar-refractivity contribution < 1.29 is 9.59 Å². The number of likely N-dealkylation sites (N-methyl/N-ethyl adjacent to an activating group) is 2. The van der Waals surface area contributed by atoms with E-state index in [9.17, 15) is 9.59 Å². The van der Waals surface area contributed by atoms with Crippen LogP contribution in [0.25, 0.3) is 0 Å². The number of rotatable bonds is 4. The van der Waals surface area contributed by atoms with E-state index in [0.717, 1.165) is 52.1 Å². The third kappa shape index (κ3) is 5.35. The zero-order valence-corrected chi connectivity index (χ0v) is 14.8. The van der Waals surface area contributed by atoms with Gasteiger partial charge in [-0.2, -0.15) is 0 Å². The minimum atomic E-state index is -0.0391. The quantitative estimate of drug-likeness (QED) is 0.783. The fourth-order valence-electron chi connectivity index (χ4n) is 3.16. The van der Waals surface area contributed by atoms with E-state index >= 15 is 0 Å². The molecule has 1 unspecified atom stereocenters. The number of nitrogens with one attached hydrogen (secondary N) is 1. The van der Waals surface area contributed by atoms with Crippen molar-refractivity contribution in [1.82, 2.24) is 24.9 Å². The summed E-state index contributed by atoms with van der Waals surface area (Å²) in [5, 5.41) is 2.90. The van der Waals surface area contributed by atoms with E-state index in [0.29, 0.717) is 19.0 Å². The monoisotopic (exact) mass is 325 g/mol. The molecule has 3 amide bonds. The summed E-state index contributed by atoms with van der Waals surface area (Å²) in [5.41, 5.74) is 0. The lowest BCUT2D eigenvalue weighted by Crippen LogP contribution is -2.51. The number of piperidine rings is 1. The number of carbonyl (C=O) groups excluding carboxylic acids is 2. The molecule has 7 heteroatoms. The van der Waals surface area contributed by atoms with Crippen LogP contribution in [-0.4, -0.2) is 105 Å². The molecule has 0 spiro atoms. The Balaban J connectivity index is 1.67. The highest BCUT2D eigenvalue weighted by atomic mass is 16.2. The number of hydrogen-bond donors (Lipinski definition) is 1. The van der Waals surface area contributed by atoms with Crippen molar-refractivity contribution >= 4 is 11.9 Å². The number of likely N-dealkylation sites (tertiary alicyclic amines) is 1. The van der Waals surface area contributed by atoms with Gasteiger partial charge in [0.1, 0.15) is 0 Å². The molecule has 7 nitrogen and oxygen atoms in total. The molecule has 0 bridgehead atoms. The number of amides is 3. The van der Waals surface area contributed by atoms with Gasteiger partial charge in [0.05, 0.1) is 0 Å². The number of carbonyl (C=O) groups is 2. The third-order valence-corrected chi connectivity index (χ3v) is 4.89. The molecule has 23 heavy (non-hydrogen) atoms. The highest BCUT2D eigenvalue weighted by molar-refractivity contribution is 5.78. The Bertz CT molecular complexity index is 407. The lowest BCUT2D eigenvalue weighted by Gasteiger charge is -2.36. The van der Waals surface area contributed by atoms with E-state index in [2.05, 4.69) is 36.3 Å². The minimum Gasteiger partial charge on any atom is -0.340 e. The summed E-state index contributed by atoms with van der Waals surface area (Å²) in [4.78, 5) is 32.5. The molecule has 0 aromatic heterocycles. The maximum Gasteiger partial charge on any atom is 0.317 e. The molecule has 2 heterocycles. The fourth-order valence-corrected chi connectivity index (χ4v) is 3.16. The van der Waals surface area contributed by atoms with Gasteiger partial charge in [-0.3, -0.25) is 4.79 Å². The molecule has 2 aliphatic rings. The van der Waals surface area contributed by atoms with Gasteiger partial charge in [0, 0.05) is 58.3 Å². The molecule has 1 atom stereocenters. The van der Waals surface area contributed by atoms with Gasteiger partial charge in [0.15, 0.2) is 0 Å². The van der Waals surface area contributed by atoms with Gasteiger partial charge in [0.25, 0.3) is 0 Å². The molecule has 0 aromatic rings. The van der Waals surface area contributed by atoms with Crippen LogP contribution in [0.3, 0.4) is 0 Å². The average molecular weight is 325 g/mol. The molecule has 1 N–H and O–H groups in total. The second kappa shape index (κ2) is 8.49. The topological polar surface area (TPSA) is 59.1 Å². The predicted octanol–water partition coefficient (Wildman–Crippen LogP) is -0.114.